The van der Waals surface area contributed by atoms with E-state index in [4.69, 9.17) is 16.6 Å². The van der Waals surface area contributed by atoms with E-state index in [2.05, 4.69) is 15.8 Å². The van der Waals surface area contributed by atoms with Crippen LogP contribution in [0.2, 0.25) is 0 Å². The molecular formula is C13H12N4O3S. The van der Waals surface area contributed by atoms with Crippen LogP contribution in [-0.4, -0.2) is 16.3 Å². The molecule has 0 aliphatic carbocycles. The summed E-state index contributed by atoms with van der Waals surface area (Å²) in [6.45, 7) is 0.450. The van der Waals surface area contributed by atoms with Crippen molar-refractivity contribution in [2.75, 3.05) is 0 Å². The van der Waals surface area contributed by atoms with Gasteiger partial charge in [0.1, 0.15) is 5.76 Å². The molecule has 0 unspecified atom stereocenters. The normalized spacial score (nSPS) is 10.5. The highest BCUT2D eigenvalue weighted by molar-refractivity contribution is 7.80. The van der Waals surface area contributed by atoms with Crippen molar-refractivity contribution in [2.45, 2.75) is 6.54 Å². The van der Waals surface area contributed by atoms with Crippen LogP contribution in [0.1, 0.15) is 11.3 Å². The first-order chi connectivity index (χ1) is 10.1. The van der Waals surface area contributed by atoms with E-state index in [0.29, 0.717) is 17.2 Å². The minimum absolute atomic E-state index is 0.0115. The second-order valence-corrected chi connectivity index (χ2v) is 4.39. The summed E-state index contributed by atoms with van der Waals surface area (Å²) in [5, 5.41) is 17.8. The van der Waals surface area contributed by atoms with Gasteiger partial charge in [-0.2, -0.15) is 5.10 Å². The van der Waals surface area contributed by atoms with Gasteiger partial charge in [-0.1, -0.05) is 12.1 Å². The standard InChI is InChI=1S/C13H12N4O3S/c18-17(19)11-4-1-3-10(7-11)8-15-16-13(21)14-9-12-5-2-6-20-12/h1-8H,9H2,(H2,14,16,21)/b15-8-. The number of benzene rings is 1. The number of thiocarbonyl (C=S) groups is 1. The maximum absolute atomic E-state index is 10.6. The van der Waals surface area contributed by atoms with E-state index in [0.717, 1.165) is 5.76 Å². The molecule has 0 spiro atoms. The van der Waals surface area contributed by atoms with Gasteiger partial charge in [0.2, 0.25) is 0 Å². The lowest BCUT2D eigenvalue weighted by molar-refractivity contribution is -0.384. The summed E-state index contributed by atoms with van der Waals surface area (Å²) in [5.74, 6) is 0.752. The fraction of sp³-hybridized carbons (Fsp3) is 0.0769. The molecule has 7 nitrogen and oxygen atoms in total. The Labute approximate surface area is 125 Å². The Hall–Kier alpha value is -2.74. The van der Waals surface area contributed by atoms with Crippen molar-refractivity contribution in [3.8, 4) is 0 Å². The van der Waals surface area contributed by atoms with Crippen LogP contribution < -0.4 is 10.7 Å². The first kappa shape index (κ1) is 14.7. The van der Waals surface area contributed by atoms with Gasteiger partial charge in [-0.25, -0.2) is 0 Å². The van der Waals surface area contributed by atoms with Gasteiger partial charge in [-0.05, 0) is 24.4 Å². The predicted octanol–water partition coefficient (Wildman–Crippen LogP) is 2.19. The number of furan rings is 1. The van der Waals surface area contributed by atoms with E-state index in [1.54, 1.807) is 24.5 Å². The third kappa shape index (κ3) is 4.69. The molecule has 2 aromatic rings. The molecule has 2 N–H and O–H groups in total. The number of hydrogen-bond donors (Lipinski definition) is 2. The summed E-state index contributed by atoms with van der Waals surface area (Å²) in [4.78, 5) is 10.2. The molecule has 1 aromatic carbocycles. The molecule has 8 heteroatoms. The average Bonchev–Trinajstić information content (AvgIpc) is 2.99. The zero-order valence-electron chi connectivity index (χ0n) is 10.9. The zero-order chi connectivity index (χ0) is 15.1. The summed E-state index contributed by atoms with van der Waals surface area (Å²) >= 11 is 5.02. The molecule has 108 valence electrons. The number of hydrogen-bond acceptors (Lipinski definition) is 5. The van der Waals surface area contributed by atoms with Crippen LogP contribution in [0.4, 0.5) is 5.69 Å². The van der Waals surface area contributed by atoms with Gasteiger partial charge < -0.3 is 9.73 Å². The summed E-state index contributed by atoms with van der Waals surface area (Å²) in [6.07, 6.45) is 3.03. The highest BCUT2D eigenvalue weighted by atomic mass is 32.1. The maximum Gasteiger partial charge on any atom is 0.270 e. The minimum Gasteiger partial charge on any atom is -0.467 e. The van der Waals surface area contributed by atoms with Gasteiger partial charge in [0.15, 0.2) is 5.11 Å². The van der Waals surface area contributed by atoms with Gasteiger partial charge in [-0.3, -0.25) is 15.5 Å². The van der Waals surface area contributed by atoms with E-state index in [9.17, 15) is 10.1 Å². The third-order valence-electron chi connectivity index (χ3n) is 2.46. The van der Waals surface area contributed by atoms with Crippen LogP contribution in [0.15, 0.2) is 52.2 Å². The largest absolute Gasteiger partial charge is 0.467 e. The van der Waals surface area contributed by atoms with Crippen LogP contribution in [0.5, 0.6) is 0 Å². The first-order valence-corrected chi connectivity index (χ1v) is 6.40. The molecule has 0 atom stereocenters. The Morgan fingerprint density at radius 1 is 1.43 bits per heavy atom. The topological polar surface area (TPSA) is 92.7 Å². The molecular weight excluding hydrogens is 292 g/mol. The smallest absolute Gasteiger partial charge is 0.270 e. The Morgan fingerprint density at radius 3 is 3.00 bits per heavy atom. The molecule has 0 saturated carbocycles. The van der Waals surface area contributed by atoms with Crippen LogP contribution in [0.3, 0.4) is 0 Å². The highest BCUT2D eigenvalue weighted by Gasteiger charge is 2.03. The second kappa shape index (κ2) is 7.15. The van der Waals surface area contributed by atoms with E-state index in [1.807, 2.05) is 6.07 Å². The molecule has 1 aromatic heterocycles. The van der Waals surface area contributed by atoms with Crippen LogP contribution in [0, 0.1) is 10.1 Å². The molecule has 0 saturated heterocycles. The number of nitrogens with one attached hydrogen (secondary N) is 2. The summed E-state index contributed by atoms with van der Waals surface area (Å²) in [7, 11) is 0. The van der Waals surface area contributed by atoms with E-state index < -0.39 is 4.92 Å². The monoisotopic (exact) mass is 304 g/mol. The maximum atomic E-state index is 10.6. The van der Waals surface area contributed by atoms with Crippen molar-refractivity contribution in [1.82, 2.24) is 10.7 Å². The lowest BCUT2D eigenvalue weighted by atomic mass is 10.2. The summed E-state index contributed by atoms with van der Waals surface area (Å²) in [6, 6.07) is 9.74. The van der Waals surface area contributed by atoms with Crippen LogP contribution in [0.25, 0.3) is 0 Å². The molecule has 1 heterocycles. The van der Waals surface area contributed by atoms with Crippen LogP contribution in [-0.2, 0) is 6.54 Å². The minimum atomic E-state index is -0.458. The van der Waals surface area contributed by atoms with E-state index >= 15 is 0 Å². The van der Waals surface area contributed by atoms with Crippen molar-refractivity contribution in [3.63, 3.8) is 0 Å². The summed E-state index contributed by atoms with van der Waals surface area (Å²) < 4.78 is 5.14. The molecule has 0 aliphatic rings. The zero-order valence-corrected chi connectivity index (χ0v) is 11.7. The van der Waals surface area contributed by atoms with Gasteiger partial charge in [0, 0.05) is 17.7 Å². The van der Waals surface area contributed by atoms with Gasteiger partial charge in [0.25, 0.3) is 5.69 Å². The fourth-order valence-corrected chi connectivity index (χ4v) is 1.63. The first-order valence-electron chi connectivity index (χ1n) is 5.99. The number of non-ortho nitro benzene ring substituents is 1. The van der Waals surface area contributed by atoms with Crippen molar-refractivity contribution in [2.24, 2.45) is 5.10 Å². The Morgan fingerprint density at radius 2 is 2.29 bits per heavy atom. The second-order valence-electron chi connectivity index (χ2n) is 3.98. The Kier molecular flexibility index (Phi) is 4.99. The van der Waals surface area contributed by atoms with Crippen molar-refractivity contribution < 1.29 is 9.34 Å². The van der Waals surface area contributed by atoms with Crippen molar-refractivity contribution in [1.29, 1.82) is 0 Å². The highest BCUT2D eigenvalue weighted by Crippen LogP contribution is 2.11. The molecule has 2 rings (SSSR count). The van der Waals surface area contributed by atoms with Gasteiger partial charge in [-0.15, -0.1) is 0 Å². The number of nitrogens with zero attached hydrogens (tertiary/aromatic N) is 2. The Balaban J connectivity index is 1.83. The Bertz CT molecular complexity index is 655. The number of hydrazone groups is 1. The van der Waals surface area contributed by atoms with Gasteiger partial charge in [0.05, 0.1) is 23.9 Å². The molecule has 0 radical (unpaired) electrons. The quantitative estimate of drug-likeness (QED) is 0.381. The molecule has 0 aliphatic heterocycles. The molecule has 0 amide bonds. The predicted molar refractivity (Wildman–Crippen MR) is 82.0 cm³/mol. The van der Waals surface area contributed by atoms with Crippen molar-refractivity contribution in [3.05, 3.63) is 64.1 Å². The summed E-state index contributed by atoms with van der Waals surface area (Å²) in [5.41, 5.74) is 3.23. The SMILES string of the molecule is O=[N+]([O-])c1cccc(/C=N\NC(=S)NCc2ccco2)c1. The van der Waals surface area contributed by atoms with E-state index in [-0.39, 0.29) is 5.69 Å². The molecule has 0 fully saturated rings. The number of nitro groups is 1. The average molecular weight is 304 g/mol. The number of nitro benzene ring substituents is 1. The van der Waals surface area contributed by atoms with Crippen LogP contribution >= 0.6 is 12.2 Å². The number of rotatable bonds is 5. The fourth-order valence-electron chi connectivity index (χ4n) is 1.50. The lowest BCUT2D eigenvalue weighted by Gasteiger charge is -2.04. The van der Waals surface area contributed by atoms with E-state index in [1.165, 1.54) is 18.3 Å². The lowest BCUT2D eigenvalue weighted by Crippen LogP contribution is -2.31. The third-order valence-corrected chi connectivity index (χ3v) is 2.70. The van der Waals surface area contributed by atoms with Crippen molar-refractivity contribution >= 4 is 29.2 Å². The molecule has 21 heavy (non-hydrogen) atoms. The molecule has 0 bridgehead atoms. The van der Waals surface area contributed by atoms with Gasteiger partial charge >= 0.3 is 0 Å².